The van der Waals surface area contributed by atoms with Crippen molar-refractivity contribution >= 4 is 5.78 Å². The first kappa shape index (κ1) is 10.3. The third-order valence-corrected chi connectivity index (χ3v) is 1.74. The molecule has 0 fully saturated rings. The van der Waals surface area contributed by atoms with E-state index in [1.54, 1.807) is 30.4 Å². The second kappa shape index (κ2) is 5.02. The lowest BCUT2D eigenvalue weighted by Crippen LogP contribution is -1.93. The summed E-state index contributed by atoms with van der Waals surface area (Å²) in [6, 6.07) is 6.48. The van der Waals surface area contributed by atoms with Crippen LogP contribution in [0.4, 0.5) is 0 Å². The topological polar surface area (TPSA) is 37.3 Å². The quantitative estimate of drug-likeness (QED) is 0.448. The Morgan fingerprint density at radius 3 is 2.79 bits per heavy atom. The van der Waals surface area contributed by atoms with E-state index in [0.29, 0.717) is 12.0 Å². The molecule has 0 spiro atoms. The number of phenols is 1. The highest BCUT2D eigenvalue weighted by molar-refractivity contribution is 6.06. The first-order chi connectivity index (χ1) is 6.75. The molecule has 0 unspecified atom stereocenters. The Kier molecular flexibility index (Phi) is 3.68. The van der Waals surface area contributed by atoms with Gasteiger partial charge in [0.25, 0.3) is 0 Å². The van der Waals surface area contributed by atoms with Gasteiger partial charge >= 0.3 is 0 Å². The van der Waals surface area contributed by atoms with Crippen molar-refractivity contribution in [3.05, 3.63) is 54.6 Å². The molecule has 0 aliphatic heterocycles. The number of benzene rings is 1. The molecule has 0 aliphatic carbocycles. The fourth-order valence-electron chi connectivity index (χ4n) is 1.04. The van der Waals surface area contributed by atoms with Crippen molar-refractivity contribution in [2.24, 2.45) is 0 Å². The zero-order chi connectivity index (χ0) is 10.4. The number of phenolic OH excluding ortho intramolecular Hbond substituents is 1. The summed E-state index contributed by atoms with van der Waals surface area (Å²) in [6.45, 7) is 3.54. The highest BCUT2D eigenvalue weighted by Gasteiger charge is 2.05. The molecule has 0 aromatic heterocycles. The predicted octanol–water partition coefficient (Wildman–Crippen LogP) is 2.71. The smallest absolute Gasteiger partial charge is 0.189 e. The molecule has 2 nitrogen and oxygen atoms in total. The van der Waals surface area contributed by atoms with Crippen LogP contribution in [0.5, 0.6) is 5.75 Å². The standard InChI is InChI=1S/C12H12O2/c1-2-3-4-8-11(13)10-7-5-6-9-12(10)14/h2,4-9,14H,1,3H2. The van der Waals surface area contributed by atoms with Gasteiger partial charge in [0.05, 0.1) is 5.56 Å². The van der Waals surface area contributed by atoms with Crippen molar-refractivity contribution in [1.82, 2.24) is 0 Å². The van der Waals surface area contributed by atoms with Gasteiger partial charge in [-0.05, 0) is 24.6 Å². The Bertz CT molecular complexity index is 364. The maximum Gasteiger partial charge on any atom is 0.189 e. The van der Waals surface area contributed by atoms with Gasteiger partial charge < -0.3 is 5.11 Å². The lowest BCUT2D eigenvalue weighted by Gasteiger charge is -1.98. The molecule has 0 amide bonds. The molecule has 72 valence electrons. The highest BCUT2D eigenvalue weighted by atomic mass is 16.3. The van der Waals surface area contributed by atoms with E-state index >= 15 is 0 Å². The average molecular weight is 188 g/mol. The van der Waals surface area contributed by atoms with Crippen molar-refractivity contribution in [2.45, 2.75) is 6.42 Å². The summed E-state index contributed by atoms with van der Waals surface area (Å²) in [5.41, 5.74) is 0.327. The molecule has 1 aromatic rings. The Hall–Kier alpha value is -1.83. The van der Waals surface area contributed by atoms with Gasteiger partial charge in [0.15, 0.2) is 5.78 Å². The van der Waals surface area contributed by atoms with E-state index in [1.165, 1.54) is 12.1 Å². The first-order valence-corrected chi connectivity index (χ1v) is 4.35. The summed E-state index contributed by atoms with van der Waals surface area (Å²) in [4.78, 5) is 11.5. The minimum atomic E-state index is -0.190. The predicted molar refractivity (Wildman–Crippen MR) is 56.4 cm³/mol. The lowest BCUT2D eigenvalue weighted by molar-refractivity contribution is 0.104. The van der Waals surface area contributed by atoms with E-state index in [-0.39, 0.29) is 11.5 Å². The third kappa shape index (κ3) is 2.59. The van der Waals surface area contributed by atoms with E-state index < -0.39 is 0 Å². The Labute approximate surface area is 83.2 Å². The van der Waals surface area contributed by atoms with Crippen LogP contribution in [0.15, 0.2) is 49.1 Å². The fraction of sp³-hybridized carbons (Fsp3) is 0.0833. The number of carbonyl (C=O) groups excluding carboxylic acids is 1. The van der Waals surface area contributed by atoms with Crippen LogP contribution in [-0.2, 0) is 0 Å². The van der Waals surface area contributed by atoms with E-state index in [2.05, 4.69) is 6.58 Å². The van der Waals surface area contributed by atoms with Crippen LogP contribution in [0, 0.1) is 0 Å². The van der Waals surface area contributed by atoms with E-state index in [1.807, 2.05) is 0 Å². The van der Waals surface area contributed by atoms with Gasteiger partial charge in [-0.25, -0.2) is 0 Å². The molecule has 14 heavy (non-hydrogen) atoms. The lowest BCUT2D eigenvalue weighted by atomic mass is 10.1. The Morgan fingerprint density at radius 1 is 1.43 bits per heavy atom. The van der Waals surface area contributed by atoms with Crippen LogP contribution < -0.4 is 0 Å². The zero-order valence-corrected chi connectivity index (χ0v) is 7.81. The van der Waals surface area contributed by atoms with Crippen LogP contribution in [0.1, 0.15) is 16.8 Å². The van der Waals surface area contributed by atoms with Gasteiger partial charge in [0.2, 0.25) is 0 Å². The number of para-hydroxylation sites is 1. The molecule has 0 aliphatic rings. The van der Waals surface area contributed by atoms with Gasteiger partial charge in [-0.3, -0.25) is 4.79 Å². The molecule has 0 atom stereocenters. The van der Waals surface area contributed by atoms with Crippen molar-refractivity contribution in [1.29, 1.82) is 0 Å². The Balaban J connectivity index is 2.79. The van der Waals surface area contributed by atoms with Gasteiger partial charge in [0, 0.05) is 0 Å². The number of carbonyl (C=O) groups is 1. The van der Waals surface area contributed by atoms with E-state index in [0.717, 1.165) is 0 Å². The molecule has 0 heterocycles. The highest BCUT2D eigenvalue weighted by Crippen LogP contribution is 2.16. The summed E-state index contributed by atoms with van der Waals surface area (Å²) in [6.07, 6.45) is 5.51. The third-order valence-electron chi connectivity index (χ3n) is 1.74. The van der Waals surface area contributed by atoms with E-state index in [9.17, 15) is 9.90 Å². The molecular formula is C12H12O2. The van der Waals surface area contributed by atoms with Gasteiger partial charge in [-0.15, -0.1) is 6.58 Å². The van der Waals surface area contributed by atoms with Crippen LogP contribution >= 0.6 is 0 Å². The minimum absolute atomic E-state index is 0.0146. The van der Waals surface area contributed by atoms with Crippen LogP contribution in [0.3, 0.4) is 0 Å². The molecular weight excluding hydrogens is 176 g/mol. The monoisotopic (exact) mass is 188 g/mol. The molecule has 0 radical (unpaired) electrons. The van der Waals surface area contributed by atoms with Gasteiger partial charge in [-0.1, -0.05) is 24.3 Å². The summed E-state index contributed by atoms with van der Waals surface area (Å²) in [7, 11) is 0. The number of rotatable bonds is 4. The van der Waals surface area contributed by atoms with Crippen LogP contribution in [-0.4, -0.2) is 10.9 Å². The largest absolute Gasteiger partial charge is 0.507 e. The van der Waals surface area contributed by atoms with Gasteiger partial charge in [0.1, 0.15) is 5.75 Å². The van der Waals surface area contributed by atoms with Gasteiger partial charge in [-0.2, -0.15) is 0 Å². The van der Waals surface area contributed by atoms with E-state index in [4.69, 9.17) is 0 Å². The summed E-state index contributed by atoms with van der Waals surface area (Å²) >= 11 is 0. The number of allylic oxidation sites excluding steroid dienone is 3. The summed E-state index contributed by atoms with van der Waals surface area (Å²) < 4.78 is 0. The maximum atomic E-state index is 11.5. The molecule has 1 aromatic carbocycles. The second-order valence-corrected chi connectivity index (χ2v) is 2.81. The molecule has 0 saturated heterocycles. The maximum absolute atomic E-state index is 11.5. The molecule has 1 rings (SSSR count). The molecule has 0 saturated carbocycles. The molecule has 0 bridgehead atoms. The average Bonchev–Trinajstić information content (AvgIpc) is 2.18. The van der Waals surface area contributed by atoms with Crippen molar-refractivity contribution in [2.75, 3.05) is 0 Å². The SMILES string of the molecule is C=CCC=CC(=O)c1ccccc1O. The zero-order valence-electron chi connectivity index (χ0n) is 7.81. The fourth-order valence-corrected chi connectivity index (χ4v) is 1.04. The van der Waals surface area contributed by atoms with Crippen molar-refractivity contribution in [3.8, 4) is 5.75 Å². The minimum Gasteiger partial charge on any atom is -0.507 e. The van der Waals surface area contributed by atoms with Crippen molar-refractivity contribution < 1.29 is 9.90 Å². The summed E-state index contributed by atoms with van der Waals surface area (Å²) in [5, 5.41) is 9.36. The van der Waals surface area contributed by atoms with Crippen LogP contribution in [0.25, 0.3) is 0 Å². The van der Waals surface area contributed by atoms with Crippen molar-refractivity contribution in [3.63, 3.8) is 0 Å². The second-order valence-electron chi connectivity index (χ2n) is 2.81. The number of hydrogen-bond donors (Lipinski definition) is 1. The number of ketones is 1. The molecule has 1 N–H and O–H groups in total. The number of aromatic hydroxyl groups is 1. The Morgan fingerprint density at radius 2 is 2.14 bits per heavy atom. The first-order valence-electron chi connectivity index (χ1n) is 4.35. The normalized spacial score (nSPS) is 10.3. The molecule has 2 heteroatoms. The van der Waals surface area contributed by atoms with Crippen LogP contribution in [0.2, 0.25) is 0 Å². The number of hydrogen-bond acceptors (Lipinski definition) is 2. The summed E-state index contributed by atoms with van der Waals surface area (Å²) in [5.74, 6) is -0.175.